The minimum Gasteiger partial charge on any atom is -0.351 e. The van der Waals surface area contributed by atoms with Crippen molar-refractivity contribution in [1.29, 1.82) is 0 Å². The third-order valence-electron chi connectivity index (χ3n) is 1.50. The van der Waals surface area contributed by atoms with Crippen molar-refractivity contribution in [2.45, 2.75) is 12.8 Å². The molecule has 1 aromatic heterocycles. The molecule has 6 heteroatoms. The van der Waals surface area contributed by atoms with E-state index in [0.717, 1.165) is 24.4 Å². The van der Waals surface area contributed by atoms with Crippen molar-refractivity contribution >= 4 is 17.4 Å². The highest BCUT2D eigenvalue weighted by molar-refractivity contribution is 7.07. The Balaban J connectivity index is 2.19. The number of nitrogens with two attached hydrogens (primary N) is 1. The Morgan fingerprint density at radius 2 is 2.46 bits per heavy atom. The van der Waals surface area contributed by atoms with Crippen LogP contribution in [0, 0.1) is 0 Å². The van der Waals surface area contributed by atoms with E-state index in [-0.39, 0.29) is 5.91 Å². The molecule has 0 bridgehead atoms. The number of rotatable bonds is 5. The van der Waals surface area contributed by atoms with Gasteiger partial charge in [-0.15, -0.1) is 5.10 Å². The van der Waals surface area contributed by atoms with E-state index in [1.54, 1.807) is 0 Å². The van der Waals surface area contributed by atoms with Crippen LogP contribution >= 0.6 is 11.5 Å². The minimum atomic E-state index is -0.105. The van der Waals surface area contributed by atoms with E-state index < -0.39 is 0 Å². The molecule has 0 aromatic carbocycles. The molecule has 0 radical (unpaired) electrons. The van der Waals surface area contributed by atoms with Crippen LogP contribution in [-0.4, -0.2) is 28.6 Å². The highest BCUT2D eigenvalue weighted by atomic mass is 32.1. The molecule has 0 aliphatic rings. The molecule has 1 heterocycles. The zero-order valence-electron chi connectivity index (χ0n) is 7.19. The lowest BCUT2D eigenvalue weighted by atomic mass is 10.3. The highest BCUT2D eigenvalue weighted by Crippen LogP contribution is 2.00. The maximum atomic E-state index is 11.3. The molecule has 0 fully saturated rings. The van der Waals surface area contributed by atoms with Gasteiger partial charge in [0.1, 0.15) is 4.88 Å². The summed E-state index contributed by atoms with van der Waals surface area (Å²) < 4.78 is 3.60. The summed E-state index contributed by atoms with van der Waals surface area (Å²) >= 11 is 1.10. The van der Waals surface area contributed by atoms with E-state index in [2.05, 4.69) is 14.9 Å². The van der Waals surface area contributed by atoms with Crippen LogP contribution in [-0.2, 0) is 0 Å². The van der Waals surface area contributed by atoms with Gasteiger partial charge < -0.3 is 11.1 Å². The molecule has 1 amide bonds. The second-order valence-corrected chi connectivity index (χ2v) is 3.32. The van der Waals surface area contributed by atoms with Crippen molar-refractivity contribution in [3.8, 4) is 0 Å². The standard InChI is InChI=1S/C7H12N4OS/c8-3-1-2-4-9-7(12)6-5-10-11-13-6/h5H,1-4,8H2,(H,9,12). The van der Waals surface area contributed by atoms with Gasteiger partial charge in [-0.2, -0.15) is 0 Å². The number of aromatic nitrogens is 2. The second kappa shape index (κ2) is 5.60. The number of amides is 1. The van der Waals surface area contributed by atoms with Crippen LogP contribution in [0.1, 0.15) is 22.5 Å². The molecule has 0 saturated heterocycles. The van der Waals surface area contributed by atoms with E-state index >= 15 is 0 Å². The maximum absolute atomic E-state index is 11.3. The van der Waals surface area contributed by atoms with Gasteiger partial charge in [0, 0.05) is 6.54 Å². The van der Waals surface area contributed by atoms with Crippen LogP contribution in [0.15, 0.2) is 6.20 Å². The monoisotopic (exact) mass is 200 g/mol. The second-order valence-electron chi connectivity index (χ2n) is 2.53. The van der Waals surface area contributed by atoms with Gasteiger partial charge in [-0.1, -0.05) is 4.49 Å². The SMILES string of the molecule is NCCCCNC(=O)c1cnns1. The number of nitrogens with zero attached hydrogens (tertiary/aromatic N) is 2. The molecule has 0 aliphatic heterocycles. The fourth-order valence-corrected chi connectivity index (χ4v) is 1.26. The first-order chi connectivity index (χ1) is 6.34. The quantitative estimate of drug-likeness (QED) is 0.656. The first-order valence-electron chi connectivity index (χ1n) is 4.10. The minimum absolute atomic E-state index is 0.105. The fraction of sp³-hybridized carbons (Fsp3) is 0.571. The summed E-state index contributed by atoms with van der Waals surface area (Å²) in [5.74, 6) is -0.105. The van der Waals surface area contributed by atoms with Crippen molar-refractivity contribution in [1.82, 2.24) is 14.9 Å². The molecule has 0 aliphatic carbocycles. The Morgan fingerprint density at radius 3 is 3.08 bits per heavy atom. The lowest BCUT2D eigenvalue weighted by Crippen LogP contribution is -2.23. The molecule has 5 nitrogen and oxygen atoms in total. The summed E-state index contributed by atoms with van der Waals surface area (Å²) in [5, 5.41) is 6.33. The van der Waals surface area contributed by atoms with Crippen LogP contribution < -0.4 is 11.1 Å². The van der Waals surface area contributed by atoms with Crippen LogP contribution in [0.2, 0.25) is 0 Å². The van der Waals surface area contributed by atoms with E-state index in [0.29, 0.717) is 18.0 Å². The Kier molecular flexibility index (Phi) is 4.34. The molecular formula is C7H12N4OS. The summed E-state index contributed by atoms with van der Waals surface area (Å²) in [4.78, 5) is 11.8. The third kappa shape index (κ3) is 3.47. The number of hydrogen-bond donors (Lipinski definition) is 2. The topological polar surface area (TPSA) is 80.9 Å². The zero-order valence-corrected chi connectivity index (χ0v) is 8.01. The average Bonchev–Trinajstić information content (AvgIpc) is 2.65. The predicted octanol–water partition coefficient (Wildman–Crippen LogP) is 0.00680. The van der Waals surface area contributed by atoms with Gasteiger partial charge in [-0.3, -0.25) is 4.79 Å². The molecular weight excluding hydrogens is 188 g/mol. The van der Waals surface area contributed by atoms with Crippen LogP contribution in [0.5, 0.6) is 0 Å². The molecule has 13 heavy (non-hydrogen) atoms. The summed E-state index contributed by atoms with van der Waals surface area (Å²) in [6, 6.07) is 0. The van der Waals surface area contributed by atoms with Gasteiger partial charge in [0.2, 0.25) is 0 Å². The maximum Gasteiger partial charge on any atom is 0.264 e. The molecule has 1 rings (SSSR count). The van der Waals surface area contributed by atoms with Crippen LogP contribution in [0.25, 0.3) is 0 Å². The Morgan fingerprint density at radius 1 is 1.62 bits per heavy atom. The highest BCUT2D eigenvalue weighted by Gasteiger charge is 2.06. The van der Waals surface area contributed by atoms with Gasteiger partial charge >= 0.3 is 0 Å². The first-order valence-corrected chi connectivity index (χ1v) is 4.87. The van der Waals surface area contributed by atoms with Crippen LogP contribution in [0.3, 0.4) is 0 Å². The number of carbonyl (C=O) groups excluding carboxylic acids is 1. The molecule has 0 unspecified atom stereocenters. The van der Waals surface area contributed by atoms with Crippen molar-refractivity contribution in [3.63, 3.8) is 0 Å². The predicted molar refractivity (Wildman–Crippen MR) is 50.5 cm³/mol. The van der Waals surface area contributed by atoms with Crippen molar-refractivity contribution in [2.75, 3.05) is 13.1 Å². The van der Waals surface area contributed by atoms with Crippen molar-refractivity contribution in [2.24, 2.45) is 5.73 Å². The molecule has 0 atom stereocenters. The Bertz CT molecular complexity index is 249. The van der Waals surface area contributed by atoms with Gasteiger partial charge in [0.15, 0.2) is 0 Å². The summed E-state index contributed by atoms with van der Waals surface area (Å²) in [6.45, 7) is 1.33. The van der Waals surface area contributed by atoms with Gasteiger partial charge in [0.25, 0.3) is 5.91 Å². The summed E-state index contributed by atoms with van der Waals surface area (Å²) in [6.07, 6.45) is 3.30. The largest absolute Gasteiger partial charge is 0.351 e. The van der Waals surface area contributed by atoms with Gasteiger partial charge in [0.05, 0.1) is 6.20 Å². The number of hydrogen-bond acceptors (Lipinski definition) is 5. The lowest BCUT2D eigenvalue weighted by molar-refractivity contribution is 0.0957. The van der Waals surface area contributed by atoms with E-state index in [1.165, 1.54) is 6.20 Å². The molecule has 1 aromatic rings. The zero-order chi connectivity index (χ0) is 9.52. The third-order valence-corrected chi connectivity index (χ3v) is 2.16. The van der Waals surface area contributed by atoms with E-state index in [4.69, 9.17) is 5.73 Å². The number of nitrogens with one attached hydrogen (secondary N) is 1. The van der Waals surface area contributed by atoms with Gasteiger partial charge in [-0.05, 0) is 30.9 Å². The molecule has 0 saturated carbocycles. The van der Waals surface area contributed by atoms with Crippen LogP contribution in [0.4, 0.5) is 0 Å². The first kappa shape index (κ1) is 10.1. The average molecular weight is 200 g/mol. The summed E-state index contributed by atoms with van der Waals surface area (Å²) in [5.41, 5.74) is 5.31. The fourth-order valence-electron chi connectivity index (χ4n) is 0.826. The Labute approximate surface area is 80.5 Å². The summed E-state index contributed by atoms with van der Waals surface area (Å²) in [7, 11) is 0. The normalized spacial score (nSPS) is 9.92. The molecule has 3 N–H and O–H groups in total. The van der Waals surface area contributed by atoms with E-state index in [9.17, 15) is 4.79 Å². The lowest BCUT2D eigenvalue weighted by Gasteiger charge is -2.00. The number of unbranched alkanes of at least 4 members (excludes halogenated alkanes) is 1. The van der Waals surface area contributed by atoms with E-state index in [1.807, 2.05) is 0 Å². The van der Waals surface area contributed by atoms with Gasteiger partial charge in [-0.25, -0.2) is 0 Å². The van der Waals surface area contributed by atoms with Crippen molar-refractivity contribution < 1.29 is 4.79 Å². The molecule has 0 spiro atoms. The molecule has 72 valence electrons. The Hall–Kier alpha value is -1.01. The van der Waals surface area contributed by atoms with Crippen molar-refractivity contribution in [3.05, 3.63) is 11.1 Å². The number of carbonyl (C=O) groups is 1. The smallest absolute Gasteiger partial charge is 0.264 e.